The van der Waals surface area contributed by atoms with Crippen molar-refractivity contribution < 1.29 is 9.53 Å². The smallest absolute Gasteiger partial charge is 0.271 e. The molecule has 0 radical (unpaired) electrons. The third-order valence-electron chi connectivity index (χ3n) is 5.12. The molecule has 4 rings (SSSR count). The van der Waals surface area contributed by atoms with Crippen molar-refractivity contribution in [1.82, 2.24) is 9.78 Å². The molecule has 0 saturated carbocycles. The van der Waals surface area contributed by atoms with Crippen LogP contribution in [0.1, 0.15) is 21.5 Å². The van der Waals surface area contributed by atoms with Crippen LogP contribution in [-0.2, 0) is 0 Å². The van der Waals surface area contributed by atoms with Gasteiger partial charge in [0.1, 0.15) is 10.8 Å². The number of ether oxygens (including phenoxy) is 1. The Morgan fingerprint density at radius 3 is 2.38 bits per heavy atom. The number of nitrogens with zero attached hydrogens (tertiary/aromatic N) is 2. The number of amides is 1. The molecule has 1 aromatic heterocycles. The van der Waals surface area contributed by atoms with Gasteiger partial charge in [0.15, 0.2) is 0 Å². The molecular weight excluding hydrogens is 470 g/mol. The number of aryl methyl sites for hydroxylation is 2. The zero-order chi connectivity index (χ0) is 24.2. The van der Waals surface area contributed by atoms with Crippen LogP contribution in [-0.4, -0.2) is 22.8 Å². The van der Waals surface area contributed by atoms with Gasteiger partial charge in [-0.05, 0) is 67.9 Å². The Bertz CT molecular complexity index is 1400. The number of carbonyl (C=O) groups excluding carboxylic acids is 1. The Hall–Kier alpha value is -3.55. The molecule has 8 heteroatoms. The molecule has 1 N–H and O–H groups in total. The van der Waals surface area contributed by atoms with Gasteiger partial charge in [0, 0.05) is 27.6 Å². The lowest BCUT2D eigenvalue weighted by Gasteiger charge is -2.13. The van der Waals surface area contributed by atoms with Crippen LogP contribution in [0.3, 0.4) is 0 Å². The lowest BCUT2D eigenvalue weighted by Crippen LogP contribution is -2.20. The largest absolute Gasteiger partial charge is 0.495 e. The summed E-state index contributed by atoms with van der Waals surface area (Å²) in [6, 6.07) is 21.4. The zero-order valence-corrected chi connectivity index (χ0v) is 20.4. The molecule has 4 aromatic rings. The number of carbonyl (C=O) groups is 1. The molecule has 0 saturated heterocycles. The number of anilines is 1. The highest BCUT2D eigenvalue weighted by molar-refractivity contribution is 7.99. The summed E-state index contributed by atoms with van der Waals surface area (Å²) < 4.78 is 6.64. The van der Waals surface area contributed by atoms with Crippen molar-refractivity contribution in [3.8, 4) is 11.4 Å². The molecule has 1 amide bonds. The van der Waals surface area contributed by atoms with Crippen LogP contribution in [0.25, 0.3) is 5.69 Å². The number of hydrogen-bond acceptors (Lipinski definition) is 5. The normalized spacial score (nSPS) is 10.7. The number of rotatable bonds is 6. The van der Waals surface area contributed by atoms with Crippen molar-refractivity contribution in [2.24, 2.45) is 0 Å². The highest BCUT2D eigenvalue weighted by Gasteiger charge is 2.13. The van der Waals surface area contributed by atoms with Gasteiger partial charge in [-0.25, -0.2) is 0 Å². The average molecular weight is 492 g/mol. The van der Waals surface area contributed by atoms with E-state index in [1.165, 1.54) is 35.2 Å². The predicted molar refractivity (Wildman–Crippen MR) is 136 cm³/mol. The summed E-state index contributed by atoms with van der Waals surface area (Å²) in [4.78, 5) is 26.3. The number of halogens is 1. The number of hydrogen-bond donors (Lipinski definition) is 1. The van der Waals surface area contributed by atoms with Gasteiger partial charge >= 0.3 is 0 Å². The minimum absolute atomic E-state index is 0.258. The Kier molecular flexibility index (Phi) is 7.05. The van der Waals surface area contributed by atoms with Crippen LogP contribution in [0.15, 0.2) is 87.5 Å². The van der Waals surface area contributed by atoms with Crippen molar-refractivity contribution >= 4 is 35.0 Å². The molecule has 0 unspecified atom stereocenters. The highest BCUT2D eigenvalue weighted by atomic mass is 35.5. The molecule has 1 heterocycles. The minimum atomic E-state index is -0.310. The second kappa shape index (κ2) is 10.2. The molecule has 6 nitrogen and oxygen atoms in total. The van der Waals surface area contributed by atoms with E-state index in [2.05, 4.69) is 10.4 Å². The summed E-state index contributed by atoms with van der Waals surface area (Å²) in [5.74, 6) is 0.162. The van der Waals surface area contributed by atoms with Gasteiger partial charge in [0.05, 0.1) is 18.5 Å². The Balaban J connectivity index is 1.54. The quantitative estimate of drug-likeness (QED) is 0.362. The fourth-order valence-corrected chi connectivity index (χ4v) is 4.17. The number of nitrogens with one attached hydrogen (secondary N) is 1. The van der Waals surface area contributed by atoms with E-state index in [0.717, 1.165) is 10.5 Å². The SMILES string of the molecule is COc1cc(Cl)c(C)cc1NC(=O)c1ccc(-n2nc(Sc3ccc(C)cc3)ccc2=O)cc1. The first kappa shape index (κ1) is 23.6. The number of benzene rings is 3. The maximum Gasteiger partial charge on any atom is 0.271 e. The van der Waals surface area contributed by atoms with E-state index < -0.39 is 0 Å². The van der Waals surface area contributed by atoms with Crippen molar-refractivity contribution in [1.29, 1.82) is 0 Å². The molecule has 0 aliphatic heterocycles. The first-order valence-electron chi connectivity index (χ1n) is 10.4. The predicted octanol–water partition coefficient (Wildman–Crippen LogP) is 5.91. The summed E-state index contributed by atoms with van der Waals surface area (Å²) in [6.07, 6.45) is 0. The topological polar surface area (TPSA) is 73.2 Å². The second-order valence-electron chi connectivity index (χ2n) is 7.64. The van der Waals surface area contributed by atoms with Gasteiger partial charge < -0.3 is 10.1 Å². The third-order valence-corrected chi connectivity index (χ3v) is 6.46. The van der Waals surface area contributed by atoms with Crippen LogP contribution >= 0.6 is 23.4 Å². The first-order chi connectivity index (χ1) is 16.3. The van der Waals surface area contributed by atoms with Crippen LogP contribution in [0.2, 0.25) is 5.02 Å². The van der Waals surface area contributed by atoms with Crippen LogP contribution in [0.4, 0.5) is 5.69 Å². The molecule has 0 aliphatic rings. The monoisotopic (exact) mass is 491 g/mol. The van der Waals surface area contributed by atoms with Crippen molar-refractivity contribution in [3.63, 3.8) is 0 Å². The molecule has 0 spiro atoms. The van der Waals surface area contributed by atoms with Gasteiger partial charge in [-0.15, -0.1) is 0 Å². The van der Waals surface area contributed by atoms with Crippen LogP contribution in [0.5, 0.6) is 5.75 Å². The molecule has 0 atom stereocenters. The summed E-state index contributed by atoms with van der Waals surface area (Å²) in [7, 11) is 1.52. The zero-order valence-electron chi connectivity index (χ0n) is 18.8. The average Bonchev–Trinajstić information content (AvgIpc) is 2.84. The minimum Gasteiger partial charge on any atom is -0.495 e. The number of methoxy groups -OCH3 is 1. The lowest BCUT2D eigenvalue weighted by atomic mass is 10.1. The molecule has 0 fully saturated rings. The lowest BCUT2D eigenvalue weighted by molar-refractivity contribution is 0.102. The van der Waals surface area contributed by atoms with Crippen molar-refractivity contribution in [2.45, 2.75) is 23.8 Å². The molecule has 0 aliphatic carbocycles. The van der Waals surface area contributed by atoms with E-state index in [-0.39, 0.29) is 11.5 Å². The standard InChI is InChI=1S/C26H22ClN3O3S/c1-16-4-10-20(11-5-16)34-24-12-13-25(31)30(29-24)19-8-6-18(7-9-19)26(32)28-22-14-17(2)21(27)15-23(22)33-3/h4-15H,1-3H3,(H,28,32). The molecule has 34 heavy (non-hydrogen) atoms. The van der Waals surface area contributed by atoms with Crippen molar-refractivity contribution in [3.05, 3.63) is 105 Å². The Morgan fingerprint density at radius 2 is 1.71 bits per heavy atom. The van der Waals surface area contributed by atoms with Gasteiger partial charge in [0.2, 0.25) is 0 Å². The van der Waals surface area contributed by atoms with Crippen LogP contribution < -0.4 is 15.6 Å². The molecule has 3 aromatic carbocycles. The fourth-order valence-electron chi connectivity index (χ4n) is 3.24. The van der Waals surface area contributed by atoms with Gasteiger partial charge in [0.25, 0.3) is 11.5 Å². The van der Waals surface area contributed by atoms with E-state index in [4.69, 9.17) is 16.3 Å². The Labute approximate surface area is 206 Å². The molecule has 172 valence electrons. The maximum atomic E-state index is 12.8. The summed E-state index contributed by atoms with van der Waals surface area (Å²) >= 11 is 7.61. The second-order valence-corrected chi connectivity index (χ2v) is 9.14. The first-order valence-corrected chi connectivity index (χ1v) is 11.6. The third kappa shape index (κ3) is 5.32. The van der Waals surface area contributed by atoms with Gasteiger partial charge in [-0.1, -0.05) is 41.1 Å². The van der Waals surface area contributed by atoms with E-state index in [9.17, 15) is 9.59 Å². The summed E-state index contributed by atoms with van der Waals surface area (Å²) in [6.45, 7) is 3.88. The summed E-state index contributed by atoms with van der Waals surface area (Å²) in [5.41, 5.74) is 3.26. The number of aromatic nitrogens is 2. The summed E-state index contributed by atoms with van der Waals surface area (Å²) in [5, 5.41) is 8.57. The van der Waals surface area contributed by atoms with E-state index in [1.54, 1.807) is 42.5 Å². The maximum absolute atomic E-state index is 12.8. The van der Waals surface area contributed by atoms with E-state index in [0.29, 0.717) is 32.7 Å². The van der Waals surface area contributed by atoms with Gasteiger partial charge in [-0.3, -0.25) is 9.59 Å². The van der Waals surface area contributed by atoms with E-state index >= 15 is 0 Å². The van der Waals surface area contributed by atoms with Crippen molar-refractivity contribution in [2.75, 3.05) is 12.4 Å². The van der Waals surface area contributed by atoms with E-state index in [1.807, 2.05) is 38.1 Å². The highest BCUT2D eigenvalue weighted by Crippen LogP contribution is 2.31. The fraction of sp³-hybridized carbons (Fsp3) is 0.115. The van der Waals surface area contributed by atoms with Gasteiger partial charge in [-0.2, -0.15) is 9.78 Å². The van der Waals surface area contributed by atoms with Crippen LogP contribution in [0, 0.1) is 13.8 Å². The molecular formula is C26H22ClN3O3S. The molecule has 0 bridgehead atoms. The Morgan fingerprint density at radius 1 is 1.00 bits per heavy atom.